The highest BCUT2D eigenvalue weighted by molar-refractivity contribution is 6.05. The van der Waals surface area contributed by atoms with Crippen LogP contribution in [0.3, 0.4) is 0 Å². The molecule has 0 aliphatic rings. The Morgan fingerprint density at radius 1 is 0.963 bits per heavy atom. The number of carbonyl (C=O) groups is 1. The van der Waals surface area contributed by atoms with E-state index in [-0.39, 0.29) is 5.69 Å². The number of nitrogens with zero attached hydrogens (tertiary/aromatic N) is 1. The van der Waals surface area contributed by atoms with Crippen LogP contribution in [-0.4, -0.2) is 10.9 Å². The van der Waals surface area contributed by atoms with Gasteiger partial charge in [0.15, 0.2) is 0 Å². The molecule has 0 saturated heterocycles. The summed E-state index contributed by atoms with van der Waals surface area (Å²) in [5.74, 6) is 0.446. The van der Waals surface area contributed by atoms with Crippen LogP contribution in [0.1, 0.15) is 10.4 Å². The maximum absolute atomic E-state index is 12.5. The number of carbonyl (C=O) groups excluding carboxylic acids is 1. The Labute approximate surface area is 154 Å². The Bertz CT molecular complexity index is 1170. The van der Waals surface area contributed by atoms with Gasteiger partial charge in [-0.15, -0.1) is 0 Å². The first-order chi connectivity index (χ1) is 13.2. The summed E-state index contributed by atoms with van der Waals surface area (Å²) < 4.78 is 10.9. The summed E-state index contributed by atoms with van der Waals surface area (Å²) in [7, 11) is 0. The topological polar surface area (TPSA) is 81.4 Å². The zero-order valence-electron chi connectivity index (χ0n) is 14.1. The SMILES string of the molecule is O=C(Nc1cc2ccccc2oc1=O)c1cccc(Oc2ccccn2)c1. The summed E-state index contributed by atoms with van der Waals surface area (Å²) in [6, 6.07) is 20.6. The van der Waals surface area contributed by atoms with Crippen LogP contribution in [0.4, 0.5) is 5.69 Å². The Kier molecular flexibility index (Phi) is 4.37. The molecule has 2 heterocycles. The number of hydrogen-bond donors (Lipinski definition) is 1. The van der Waals surface area contributed by atoms with Crippen LogP contribution < -0.4 is 15.7 Å². The second-order valence-corrected chi connectivity index (χ2v) is 5.74. The number of ether oxygens (including phenoxy) is 1. The van der Waals surface area contributed by atoms with Crippen LogP contribution in [-0.2, 0) is 0 Å². The summed E-state index contributed by atoms with van der Waals surface area (Å²) in [6.45, 7) is 0. The van der Waals surface area contributed by atoms with Gasteiger partial charge in [0.25, 0.3) is 5.91 Å². The molecule has 0 fully saturated rings. The molecule has 0 atom stereocenters. The standard InChI is InChI=1S/C21H14N2O4/c24-20(23-17-13-14-6-1-2-9-18(14)27-21(17)25)15-7-5-8-16(12-15)26-19-10-3-4-11-22-19/h1-13H,(H,23,24). The van der Waals surface area contributed by atoms with Crippen molar-refractivity contribution in [1.82, 2.24) is 4.98 Å². The summed E-state index contributed by atoms with van der Waals surface area (Å²) in [4.78, 5) is 28.7. The van der Waals surface area contributed by atoms with Gasteiger partial charge in [-0.05, 0) is 36.4 Å². The fraction of sp³-hybridized carbons (Fsp3) is 0. The molecule has 27 heavy (non-hydrogen) atoms. The number of rotatable bonds is 4. The first-order valence-electron chi connectivity index (χ1n) is 8.22. The highest BCUT2D eigenvalue weighted by Gasteiger charge is 2.12. The van der Waals surface area contributed by atoms with Gasteiger partial charge >= 0.3 is 5.63 Å². The minimum absolute atomic E-state index is 0.0785. The molecule has 0 saturated carbocycles. The number of nitrogens with one attached hydrogen (secondary N) is 1. The normalized spacial score (nSPS) is 10.5. The minimum atomic E-state index is -0.608. The molecule has 0 spiro atoms. The molecular formula is C21H14N2O4. The van der Waals surface area contributed by atoms with Crippen LogP contribution >= 0.6 is 0 Å². The van der Waals surface area contributed by atoms with Gasteiger partial charge in [0.1, 0.15) is 17.0 Å². The van der Waals surface area contributed by atoms with E-state index in [0.717, 1.165) is 5.39 Å². The number of fused-ring (bicyclic) bond motifs is 1. The van der Waals surface area contributed by atoms with Gasteiger partial charge < -0.3 is 14.5 Å². The maximum atomic E-state index is 12.5. The molecule has 6 heteroatoms. The third-order valence-corrected chi connectivity index (χ3v) is 3.85. The molecule has 4 rings (SSSR count). The van der Waals surface area contributed by atoms with Crippen molar-refractivity contribution in [3.8, 4) is 11.6 Å². The van der Waals surface area contributed by atoms with E-state index in [2.05, 4.69) is 10.3 Å². The lowest BCUT2D eigenvalue weighted by Crippen LogP contribution is -2.17. The molecule has 1 amide bonds. The molecule has 1 N–H and O–H groups in total. The summed E-state index contributed by atoms with van der Waals surface area (Å²) in [6.07, 6.45) is 1.62. The third kappa shape index (κ3) is 3.69. The van der Waals surface area contributed by atoms with Crippen molar-refractivity contribution in [3.05, 3.63) is 95.0 Å². The van der Waals surface area contributed by atoms with Crippen molar-refractivity contribution in [2.24, 2.45) is 0 Å². The van der Waals surface area contributed by atoms with Gasteiger partial charge in [0.05, 0.1) is 0 Å². The van der Waals surface area contributed by atoms with E-state index in [0.29, 0.717) is 22.8 Å². The first-order valence-corrected chi connectivity index (χ1v) is 8.22. The van der Waals surface area contributed by atoms with Gasteiger partial charge in [-0.2, -0.15) is 0 Å². The fourth-order valence-electron chi connectivity index (χ4n) is 2.57. The number of anilines is 1. The van der Waals surface area contributed by atoms with Gasteiger partial charge in [0, 0.05) is 23.2 Å². The van der Waals surface area contributed by atoms with Gasteiger partial charge in [0.2, 0.25) is 5.88 Å². The van der Waals surface area contributed by atoms with Crippen LogP contribution in [0, 0.1) is 0 Å². The molecule has 2 aromatic carbocycles. The Balaban J connectivity index is 1.57. The van der Waals surface area contributed by atoms with Gasteiger partial charge in [-0.25, -0.2) is 9.78 Å². The zero-order chi connectivity index (χ0) is 18.6. The molecule has 0 aliphatic heterocycles. The fourth-order valence-corrected chi connectivity index (χ4v) is 2.57. The number of hydrogen-bond acceptors (Lipinski definition) is 5. The van der Waals surface area contributed by atoms with E-state index in [1.807, 2.05) is 6.07 Å². The number of amides is 1. The average molecular weight is 358 g/mol. The van der Waals surface area contributed by atoms with E-state index in [9.17, 15) is 9.59 Å². The lowest BCUT2D eigenvalue weighted by molar-refractivity contribution is 0.102. The van der Waals surface area contributed by atoms with Crippen molar-refractivity contribution in [2.75, 3.05) is 5.32 Å². The van der Waals surface area contributed by atoms with Crippen molar-refractivity contribution in [1.29, 1.82) is 0 Å². The van der Waals surface area contributed by atoms with E-state index in [1.165, 1.54) is 0 Å². The average Bonchev–Trinajstić information content (AvgIpc) is 2.69. The first kappa shape index (κ1) is 16.5. The van der Waals surface area contributed by atoms with Crippen LogP contribution in [0.5, 0.6) is 11.6 Å². The van der Waals surface area contributed by atoms with Gasteiger partial charge in [-0.1, -0.05) is 30.3 Å². The number of benzene rings is 2. The Hall–Kier alpha value is -3.93. The van der Waals surface area contributed by atoms with Gasteiger partial charge in [-0.3, -0.25) is 4.79 Å². The van der Waals surface area contributed by atoms with Crippen molar-refractivity contribution >= 4 is 22.6 Å². The van der Waals surface area contributed by atoms with Crippen LogP contribution in [0.25, 0.3) is 11.0 Å². The lowest BCUT2D eigenvalue weighted by Gasteiger charge is -2.08. The van der Waals surface area contributed by atoms with Crippen molar-refractivity contribution in [3.63, 3.8) is 0 Å². The van der Waals surface area contributed by atoms with Crippen LogP contribution in [0.15, 0.2) is 88.2 Å². The number of aromatic nitrogens is 1. The molecule has 6 nitrogen and oxygen atoms in total. The highest BCUT2D eigenvalue weighted by Crippen LogP contribution is 2.21. The summed E-state index contributed by atoms with van der Waals surface area (Å²) in [5.41, 5.74) is 0.278. The molecule has 0 aliphatic carbocycles. The monoisotopic (exact) mass is 358 g/mol. The summed E-state index contributed by atoms with van der Waals surface area (Å²) in [5, 5.41) is 3.32. The maximum Gasteiger partial charge on any atom is 0.360 e. The Morgan fingerprint density at radius 2 is 1.81 bits per heavy atom. The Morgan fingerprint density at radius 3 is 2.67 bits per heavy atom. The van der Waals surface area contributed by atoms with E-state index in [4.69, 9.17) is 9.15 Å². The predicted molar refractivity (Wildman–Crippen MR) is 101 cm³/mol. The molecule has 132 valence electrons. The highest BCUT2D eigenvalue weighted by atomic mass is 16.5. The molecule has 0 unspecified atom stereocenters. The number of para-hydroxylation sites is 1. The minimum Gasteiger partial charge on any atom is -0.439 e. The quantitative estimate of drug-likeness (QED) is 0.552. The smallest absolute Gasteiger partial charge is 0.360 e. The number of pyridine rings is 1. The van der Waals surface area contributed by atoms with E-state index in [1.54, 1.807) is 72.9 Å². The van der Waals surface area contributed by atoms with E-state index >= 15 is 0 Å². The lowest BCUT2D eigenvalue weighted by atomic mass is 10.2. The molecule has 0 radical (unpaired) electrons. The summed E-state index contributed by atoms with van der Waals surface area (Å²) >= 11 is 0. The molecular weight excluding hydrogens is 344 g/mol. The zero-order valence-corrected chi connectivity index (χ0v) is 14.1. The van der Waals surface area contributed by atoms with Crippen molar-refractivity contribution < 1.29 is 13.9 Å². The largest absolute Gasteiger partial charge is 0.439 e. The molecule has 2 aromatic heterocycles. The third-order valence-electron chi connectivity index (χ3n) is 3.85. The second-order valence-electron chi connectivity index (χ2n) is 5.74. The molecule has 4 aromatic rings. The predicted octanol–water partition coefficient (Wildman–Crippen LogP) is 4.23. The van der Waals surface area contributed by atoms with Crippen LogP contribution in [0.2, 0.25) is 0 Å². The second kappa shape index (κ2) is 7.13. The molecule has 0 bridgehead atoms. The van der Waals surface area contributed by atoms with E-state index < -0.39 is 11.5 Å². The van der Waals surface area contributed by atoms with Crippen molar-refractivity contribution in [2.45, 2.75) is 0 Å².